The van der Waals surface area contributed by atoms with Crippen molar-refractivity contribution in [1.29, 1.82) is 0 Å². The maximum absolute atomic E-state index is 12.3. The van der Waals surface area contributed by atoms with E-state index in [1.807, 2.05) is 29.7 Å². The van der Waals surface area contributed by atoms with Crippen molar-refractivity contribution < 1.29 is 4.79 Å². The molecule has 1 aliphatic rings. The topological polar surface area (TPSA) is 46.4 Å². The van der Waals surface area contributed by atoms with Crippen molar-refractivity contribution in [3.05, 3.63) is 35.8 Å². The summed E-state index contributed by atoms with van der Waals surface area (Å²) in [6, 6.07) is 4.29. The van der Waals surface area contributed by atoms with Crippen LogP contribution in [-0.4, -0.2) is 21.3 Å². The Hall–Kier alpha value is -1.84. The lowest BCUT2D eigenvalue weighted by molar-refractivity contribution is 0.0906. The molecule has 0 saturated heterocycles. The molecule has 0 spiro atoms. The molecule has 4 heteroatoms. The summed E-state index contributed by atoms with van der Waals surface area (Å²) in [5, 5.41) is 3.15. The number of fused-ring (bicyclic) bond motifs is 1. The van der Waals surface area contributed by atoms with Crippen LogP contribution < -0.4 is 5.32 Å². The van der Waals surface area contributed by atoms with Crippen LogP contribution in [0.15, 0.2) is 24.5 Å². The number of amides is 1. The molecule has 1 fully saturated rings. The largest absolute Gasteiger partial charge is 0.348 e. The lowest BCUT2D eigenvalue weighted by Gasteiger charge is -2.29. The number of rotatable bonds is 2. The molecule has 0 aromatic carbocycles. The van der Waals surface area contributed by atoms with Crippen molar-refractivity contribution in [1.82, 2.24) is 14.7 Å². The number of imidazole rings is 1. The van der Waals surface area contributed by atoms with Crippen molar-refractivity contribution in [2.75, 3.05) is 0 Å². The summed E-state index contributed by atoms with van der Waals surface area (Å²) in [7, 11) is 0. The Kier molecular flexibility index (Phi) is 3.47. The van der Waals surface area contributed by atoms with Crippen LogP contribution in [0.3, 0.4) is 0 Å². The highest BCUT2D eigenvalue weighted by atomic mass is 16.2. The van der Waals surface area contributed by atoms with Gasteiger partial charge in [0.05, 0.1) is 0 Å². The van der Waals surface area contributed by atoms with E-state index in [0.717, 1.165) is 17.6 Å². The Labute approximate surface area is 119 Å². The van der Waals surface area contributed by atoms with Gasteiger partial charge in [0.15, 0.2) is 0 Å². The lowest BCUT2D eigenvalue weighted by atomic mass is 9.86. The monoisotopic (exact) mass is 271 g/mol. The number of hydrogen-bond acceptors (Lipinski definition) is 2. The highest BCUT2D eigenvalue weighted by Gasteiger charge is 2.24. The first-order valence-electron chi connectivity index (χ1n) is 7.40. The van der Waals surface area contributed by atoms with Crippen LogP contribution in [0, 0.1) is 12.8 Å². The number of aryl methyl sites for hydroxylation is 1. The third kappa shape index (κ3) is 2.55. The molecule has 1 saturated carbocycles. The second-order valence-corrected chi connectivity index (χ2v) is 5.94. The van der Waals surface area contributed by atoms with Gasteiger partial charge in [-0.2, -0.15) is 0 Å². The van der Waals surface area contributed by atoms with Crippen molar-refractivity contribution in [2.24, 2.45) is 5.92 Å². The number of nitrogens with one attached hydrogen (secondary N) is 1. The summed E-state index contributed by atoms with van der Waals surface area (Å²) < 4.78 is 1.90. The molecule has 0 aliphatic heterocycles. The number of pyridine rings is 1. The number of aromatic nitrogens is 2. The lowest BCUT2D eigenvalue weighted by Crippen LogP contribution is -2.41. The first kappa shape index (κ1) is 13.2. The zero-order valence-electron chi connectivity index (χ0n) is 12.1. The van der Waals surface area contributed by atoms with Crippen molar-refractivity contribution >= 4 is 11.6 Å². The van der Waals surface area contributed by atoms with E-state index in [2.05, 4.69) is 17.2 Å². The Morgan fingerprint density at radius 1 is 1.40 bits per heavy atom. The quantitative estimate of drug-likeness (QED) is 0.912. The zero-order chi connectivity index (χ0) is 14.1. The van der Waals surface area contributed by atoms with Crippen molar-refractivity contribution in [3.63, 3.8) is 0 Å². The average Bonchev–Trinajstić information content (AvgIpc) is 2.84. The number of hydrogen-bond donors (Lipinski definition) is 1. The van der Waals surface area contributed by atoms with Crippen LogP contribution in [0.1, 0.15) is 48.7 Å². The van der Waals surface area contributed by atoms with Gasteiger partial charge in [0.2, 0.25) is 0 Å². The molecule has 20 heavy (non-hydrogen) atoms. The molecule has 2 unspecified atom stereocenters. The van der Waals surface area contributed by atoms with Crippen LogP contribution >= 0.6 is 0 Å². The van der Waals surface area contributed by atoms with Gasteiger partial charge in [-0.1, -0.05) is 19.8 Å². The van der Waals surface area contributed by atoms with E-state index in [9.17, 15) is 4.79 Å². The Balaban J connectivity index is 1.78. The minimum absolute atomic E-state index is 0.0508. The zero-order valence-corrected chi connectivity index (χ0v) is 12.1. The standard InChI is InChI=1S/C16H21N3O/c1-11-7-8-19-10-14(17-15(19)9-11)16(20)18-13-6-4-3-5-12(13)2/h7-10,12-13H,3-6H2,1-2H3,(H,18,20). The molecule has 106 valence electrons. The van der Waals surface area contributed by atoms with Crippen molar-refractivity contribution in [3.8, 4) is 0 Å². The first-order valence-corrected chi connectivity index (χ1v) is 7.40. The van der Waals surface area contributed by atoms with Gasteiger partial charge < -0.3 is 9.72 Å². The summed E-state index contributed by atoms with van der Waals surface area (Å²) in [6.45, 7) is 4.25. The molecule has 4 nitrogen and oxygen atoms in total. The maximum Gasteiger partial charge on any atom is 0.271 e. The smallest absolute Gasteiger partial charge is 0.271 e. The van der Waals surface area contributed by atoms with E-state index in [0.29, 0.717) is 17.7 Å². The highest BCUT2D eigenvalue weighted by molar-refractivity contribution is 5.93. The SMILES string of the molecule is Cc1ccn2cc(C(=O)NC3CCCCC3C)nc2c1. The summed E-state index contributed by atoms with van der Waals surface area (Å²) >= 11 is 0. The second kappa shape index (κ2) is 5.27. The van der Waals surface area contributed by atoms with Gasteiger partial charge in [0.25, 0.3) is 5.91 Å². The predicted molar refractivity (Wildman–Crippen MR) is 78.8 cm³/mol. The molecule has 2 heterocycles. The van der Waals surface area contributed by atoms with Crippen LogP contribution in [0.5, 0.6) is 0 Å². The van der Waals surface area contributed by atoms with Crippen molar-refractivity contribution in [2.45, 2.75) is 45.6 Å². The molecule has 1 N–H and O–H groups in total. The normalized spacial score (nSPS) is 22.9. The summed E-state index contributed by atoms with van der Waals surface area (Å²) in [5.41, 5.74) is 2.48. The summed E-state index contributed by atoms with van der Waals surface area (Å²) in [4.78, 5) is 16.7. The predicted octanol–water partition coefficient (Wildman–Crippen LogP) is 2.95. The fourth-order valence-corrected chi connectivity index (χ4v) is 2.97. The molecule has 2 aromatic rings. The van der Waals surface area contributed by atoms with Gasteiger partial charge in [0, 0.05) is 18.4 Å². The van der Waals surface area contributed by atoms with Gasteiger partial charge in [-0.3, -0.25) is 4.79 Å². The van der Waals surface area contributed by atoms with Gasteiger partial charge in [-0.25, -0.2) is 4.98 Å². The number of nitrogens with zero attached hydrogens (tertiary/aromatic N) is 2. The van der Waals surface area contributed by atoms with E-state index in [1.165, 1.54) is 19.3 Å². The number of carbonyl (C=O) groups is 1. The fourth-order valence-electron chi connectivity index (χ4n) is 2.97. The summed E-state index contributed by atoms with van der Waals surface area (Å²) in [5.74, 6) is 0.511. The Bertz CT molecular complexity index is 632. The highest BCUT2D eigenvalue weighted by Crippen LogP contribution is 2.24. The molecule has 2 aromatic heterocycles. The molecule has 1 aliphatic carbocycles. The Morgan fingerprint density at radius 2 is 2.20 bits per heavy atom. The minimum atomic E-state index is -0.0508. The maximum atomic E-state index is 12.3. The molecule has 0 bridgehead atoms. The first-order chi connectivity index (χ1) is 9.63. The van der Waals surface area contributed by atoms with E-state index in [1.54, 1.807) is 6.20 Å². The van der Waals surface area contributed by atoms with Gasteiger partial charge in [-0.15, -0.1) is 0 Å². The van der Waals surface area contributed by atoms with Gasteiger partial charge in [-0.05, 0) is 43.4 Å². The molecule has 0 radical (unpaired) electrons. The summed E-state index contributed by atoms with van der Waals surface area (Å²) in [6.07, 6.45) is 8.52. The van der Waals surface area contributed by atoms with E-state index >= 15 is 0 Å². The third-order valence-corrected chi connectivity index (χ3v) is 4.28. The van der Waals surface area contributed by atoms with Gasteiger partial charge in [0.1, 0.15) is 11.3 Å². The molecule has 1 amide bonds. The fraction of sp³-hybridized carbons (Fsp3) is 0.500. The van der Waals surface area contributed by atoms with Crippen LogP contribution in [0.4, 0.5) is 0 Å². The van der Waals surface area contributed by atoms with E-state index in [4.69, 9.17) is 0 Å². The molecular formula is C16H21N3O. The van der Waals surface area contributed by atoms with Crippen LogP contribution in [0.2, 0.25) is 0 Å². The molecular weight excluding hydrogens is 250 g/mol. The Morgan fingerprint density at radius 3 is 3.00 bits per heavy atom. The third-order valence-electron chi connectivity index (χ3n) is 4.28. The van der Waals surface area contributed by atoms with E-state index in [-0.39, 0.29) is 5.91 Å². The molecule has 3 rings (SSSR count). The van der Waals surface area contributed by atoms with Crippen LogP contribution in [0.25, 0.3) is 5.65 Å². The second-order valence-electron chi connectivity index (χ2n) is 5.94. The van der Waals surface area contributed by atoms with E-state index < -0.39 is 0 Å². The van der Waals surface area contributed by atoms with Crippen LogP contribution in [-0.2, 0) is 0 Å². The van der Waals surface area contributed by atoms with Gasteiger partial charge >= 0.3 is 0 Å². The average molecular weight is 271 g/mol. The number of carbonyl (C=O) groups excluding carboxylic acids is 1. The molecule has 2 atom stereocenters. The minimum Gasteiger partial charge on any atom is -0.348 e.